The summed E-state index contributed by atoms with van der Waals surface area (Å²) in [7, 11) is 0. The van der Waals surface area contributed by atoms with E-state index in [2.05, 4.69) is 21.8 Å². The average molecular weight is 251 g/mol. The van der Waals surface area contributed by atoms with E-state index in [1.807, 2.05) is 12.4 Å². The summed E-state index contributed by atoms with van der Waals surface area (Å²) >= 11 is 0. The molecule has 1 aliphatic carbocycles. The molecule has 0 aliphatic heterocycles. The molecule has 1 aromatic rings. The molecular weight excluding hydrogens is 226 g/mol. The monoisotopic (exact) mass is 251 g/mol. The lowest BCUT2D eigenvalue weighted by molar-refractivity contribution is 0.0301. The van der Waals surface area contributed by atoms with Crippen LogP contribution in [0.1, 0.15) is 44.9 Å². The molecule has 0 amide bonds. The molecule has 18 heavy (non-hydrogen) atoms. The highest BCUT2D eigenvalue weighted by molar-refractivity contribution is 4.91. The summed E-state index contributed by atoms with van der Waals surface area (Å²) in [5, 5.41) is 3.39. The standard InChI is InChI=1S/C14H25N3O/c1-2-17-10-8-16-14(17)12-15-9-11-18-13-6-4-3-5-7-13/h8,10,13,15H,2-7,9,11-12H2,1H3. The van der Waals surface area contributed by atoms with Crippen LogP contribution in [0.3, 0.4) is 0 Å². The van der Waals surface area contributed by atoms with Crippen LogP contribution in [0.5, 0.6) is 0 Å². The van der Waals surface area contributed by atoms with Crippen LogP contribution in [0.15, 0.2) is 12.4 Å². The van der Waals surface area contributed by atoms with Crippen molar-refractivity contribution in [3.63, 3.8) is 0 Å². The molecule has 0 saturated heterocycles. The van der Waals surface area contributed by atoms with Gasteiger partial charge in [-0.3, -0.25) is 0 Å². The Hall–Kier alpha value is -0.870. The van der Waals surface area contributed by atoms with Gasteiger partial charge in [-0.1, -0.05) is 19.3 Å². The molecule has 1 heterocycles. The molecule has 0 bridgehead atoms. The smallest absolute Gasteiger partial charge is 0.122 e. The van der Waals surface area contributed by atoms with Crippen molar-refractivity contribution >= 4 is 0 Å². The fourth-order valence-corrected chi connectivity index (χ4v) is 2.52. The van der Waals surface area contributed by atoms with Crippen LogP contribution in [0.2, 0.25) is 0 Å². The first-order chi connectivity index (χ1) is 8.90. The molecule has 0 spiro atoms. The van der Waals surface area contributed by atoms with Crippen LogP contribution in [0.25, 0.3) is 0 Å². The molecule has 1 fully saturated rings. The fourth-order valence-electron chi connectivity index (χ4n) is 2.52. The summed E-state index contributed by atoms with van der Waals surface area (Å²) in [5.41, 5.74) is 0. The van der Waals surface area contributed by atoms with Gasteiger partial charge in [-0.2, -0.15) is 0 Å². The Morgan fingerprint density at radius 3 is 3.00 bits per heavy atom. The van der Waals surface area contributed by atoms with Crippen molar-refractivity contribution in [1.82, 2.24) is 14.9 Å². The van der Waals surface area contributed by atoms with Gasteiger partial charge in [0, 0.05) is 25.5 Å². The molecule has 4 nitrogen and oxygen atoms in total. The maximum absolute atomic E-state index is 5.87. The lowest BCUT2D eigenvalue weighted by Gasteiger charge is -2.22. The highest BCUT2D eigenvalue weighted by atomic mass is 16.5. The molecule has 1 saturated carbocycles. The molecular formula is C14H25N3O. The Bertz CT molecular complexity index is 332. The van der Waals surface area contributed by atoms with Crippen LogP contribution < -0.4 is 5.32 Å². The van der Waals surface area contributed by atoms with E-state index in [0.29, 0.717) is 6.10 Å². The minimum absolute atomic E-state index is 0.512. The number of aryl methyl sites for hydroxylation is 1. The predicted octanol–water partition coefficient (Wildman–Crippen LogP) is 2.34. The van der Waals surface area contributed by atoms with Crippen LogP contribution in [0.4, 0.5) is 0 Å². The first-order valence-electron chi connectivity index (χ1n) is 7.22. The molecule has 1 aliphatic rings. The quantitative estimate of drug-likeness (QED) is 0.756. The minimum atomic E-state index is 0.512. The Morgan fingerprint density at radius 1 is 1.39 bits per heavy atom. The van der Waals surface area contributed by atoms with Crippen molar-refractivity contribution < 1.29 is 4.74 Å². The number of hydrogen-bond donors (Lipinski definition) is 1. The molecule has 102 valence electrons. The molecule has 0 atom stereocenters. The van der Waals surface area contributed by atoms with Crippen LogP contribution in [0, 0.1) is 0 Å². The number of aromatic nitrogens is 2. The highest BCUT2D eigenvalue weighted by Crippen LogP contribution is 2.19. The minimum Gasteiger partial charge on any atom is -0.377 e. The van der Waals surface area contributed by atoms with E-state index in [4.69, 9.17) is 4.74 Å². The van der Waals surface area contributed by atoms with E-state index in [0.717, 1.165) is 32.1 Å². The molecule has 0 unspecified atom stereocenters. The predicted molar refractivity (Wildman–Crippen MR) is 72.4 cm³/mol. The van der Waals surface area contributed by atoms with Gasteiger partial charge in [-0.05, 0) is 19.8 Å². The van der Waals surface area contributed by atoms with Crippen molar-refractivity contribution in [3.8, 4) is 0 Å². The van der Waals surface area contributed by atoms with Gasteiger partial charge in [0.2, 0.25) is 0 Å². The van der Waals surface area contributed by atoms with Gasteiger partial charge in [0.05, 0.1) is 19.3 Å². The van der Waals surface area contributed by atoms with Crippen molar-refractivity contribution in [2.24, 2.45) is 0 Å². The lowest BCUT2D eigenvalue weighted by atomic mass is 9.98. The molecule has 1 aromatic heterocycles. The molecule has 0 radical (unpaired) electrons. The van der Waals surface area contributed by atoms with Crippen molar-refractivity contribution in [2.75, 3.05) is 13.2 Å². The third-order valence-electron chi connectivity index (χ3n) is 3.61. The van der Waals surface area contributed by atoms with E-state index >= 15 is 0 Å². The third kappa shape index (κ3) is 4.10. The zero-order valence-corrected chi connectivity index (χ0v) is 11.4. The zero-order chi connectivity index (χ0) is 12.6. The van der Waals surface area contributed by atoms with Gasteiger partial charge in [-0.15, -0.1) is 0 Å². The summed E-state index contributed by atoms with van der Waals surface area (Å²) < 4.78 is 8.03. The van der Waals surface area contributed by atoms with E-state index in [9.17, 15) is 0 Å². The number of nitrogens with zero attached hydrogens (tertiary/aromatic N) is 2. The van der Waals surface area contributed by atoms with Crippen molar-refractivity contribution in [1.29, 1.82) is 0 Å². The van der Waals surface area contributed by atoms with Gasteiger partial charge < -0.3 is 14.6 Å². The number of nitrogens with one attached hydrogen (secondary N) is 1. The summed E-state index contributed by atoms with van der Waals surface area (Å²) in [6, 6.07) is 0. The Morgan fingerprint density at radius 2 is 2.22 bits per heavy atom. The zero-order valence-electron chi connectivity index (χ0n) is 11.4. The SMILES string of the molecule is CCn1ccnc1CNCCOC1CCCCC1. The fraction of sp³-hybridized carbons (Fsp3) is 0.786. The number of ether oxygens (including phenoxy) is 1. The summed E-state index contributed by atoms with van der Waals surface area (Å²) in [4.78, 5) is 4.33. The van der Waals surface area contributed by atoms with E-state index in [1.165, 1.54) is 32.1 Å². The first kappa shape index (κ1) is 13.6. The van der Waals surface area contributed by atoms with Gasteiger partial charge in [-0.25, -0.2) is 4.98 Å². The Balaban J connectivity index is 1.55. The first-order valence-corrected chi connectivity index (χ1v) is 7.22. The van der Waals surface area contributed by atoms with Gasteiger partial charge >= 0.3 is 0 Å². The molecule has 0 aromatic carbocycles. The van der Waals surface area contributed by atoms with Crippen LogP contribution in [-0.2, 0) is 17.8 Å². The lowest BCUT2D eigenvalue weighted by Crippen LogP contribution is -2.25. The van der Waals surface area contributed by atoms with Crippen LogP contribution >= 0.6 is 0 Å². The maximum atomic E-state index is 5.87. The molecule has 2 rings (SSSR count). The highest BCUT2D eigenvalue weighted by Gasteiger charge is 2.12. The van der Waals surface area contributed by atoms with Crippen molar-refractivity contribution in [2.45, 2.75) is 58.2 Å². The third-order valence-corrected chi connectivity index (χ3v) is 3.61. The van der Waals surface area contributed by atoms with E-state index in [1.54, 1.807) is 0 Å². The topological polar surface area (TPSA) is 39.1 Å². The molecule has 4 heteroatoms. The van der Waals surface area contributed by atoms with E-state index in [-0.39, 0.29) is 0 Å². The van der Waals surface area contributed by atoms with Crippen molar-refractivity contribution in [3.05, 3.63) is 18.2 Å². The summed E-state index contributed by atoms with van der Waals surface area (Å²) in [5.74, 6) is 1.11. The Kier molecular flexibility index (Phi) is 5.68. The normalized spacial score (nSPS) is 17.2. The van der Waals surface area contributed by atoms with E-state index < -0.39 is 0 Å². The van der Waals surface area contributed by atoms with Crippen LogP contribution in [-0.4, -0.2) is 28.8 Å². The number of imidazole rings is 1. The van der Waals surface area contributed by atoms with Gasteiger partial charge in [0.1, 0.15) is 5.82 Å². The summed E-state index contributed by atoms with van der Waals surface area (Å²) in [6.45, 7) is 5.67. The number of rotatable bonds is 7. The second-order valence-corrected chi connectivity index (χ2v) is 4.94. The largest absolute Gasteiger partial charge is 0.377 e. The second kappa shape index (κ2) is 7.54. The second-order valence-electron chi connectivity index (χ2n) is 4.94. The average Bonchev–Trinajstić information content (AvgIpc) is 2.87. The Labute approximate surface area is 110 Å². The summed E-state index contributed by atoms with van der Waals surface area (Å²) in [6.07, 6.45) is 11.0. The molecule has 1 N–H and O–H groups in total. The van der Waals surface area contributed by atoms with Gasteiger partial charge in [0.25, 0.3) is 0 Å². The maximum Gasteiger partial charge on any atom is 0.122 e. The number of hydrogen-bond acceptors (Lipinski definition) is 3. The van der Waals surface area contributed by atoms with Gasteiger partial charge in [0.15, 0.2) is 0 Å².